The predicted octanol–water partition coefficient (Wildman–Crippen LogP) is 2.26. The molecule has 0 bridgehead atoms. The van der Waals surface area contributed by atoms with Gasteiger partial charge in [-0.1, -0.05) is 0 Å². The first-order valence-electron chi connectivity index (χ1n) is 5.36. The molecule has 0 unspecified atom stereocenters. The van der Waals surface area contributed by atoms with Crippen molar-refractivity contribution in [3.63, 3.8) is 0 Å². The van der Waals surface area contributed by atoms with E-state index in [4.69, 9.17) is 0 Å². The lowest BCUT2D eigenvalue weighted by Gasteiger charge is -2.14. The van der Waals surface area contributed by atoms with Gasteiger partial charge in [-0.05, 0) is 19.4 Å². The van der Waals surface area contributed by atoms with Gasteiger partial charge >= 0.3 is 6.18 Å². The minimum atomic E-state index is -4.11. The third-order valence-electron chi connectivity index (χ3n) is 2.80. The molecule has 0 amide bonds. The van der Waals surface area contributed by atoms with Crippen molar-refractivity contribution in [2.24, 2.45) is 0 Å². The Bertz CT molecular complexity index is 339. The monoisotopic (exact) mass is 233 g/mol. The van der Waals surface area contributed by atoms with Gasteiger partial charge in [0.2, 0.25) is 0 Å². The van der Waals surface area contributed by atoms with Crippen molar-refractivity contribution in [3.8, 4) is 0 Å². The van der Waals surface area contributed by atoms with Gasteiger partial charge in [0.1, 0.15) is 0 Å². The lowest BCUT2D eigenvalue weighted by atomic mass is 10.2. The van der Waals surface area contributed by atoms with Gasteiger partial charge in [0.05, 0.1) is 18.4 Å². The maximum absolute atomic E-state index is 12.1. The van der Waals surface area contributed by atoms with Crippen LogP contribution < -0.4 is 5.32 Å². The fourth-order valence-corrected chi connectivity index (χ4v) is 1.99. The maximum atomic E-state index is 12.1. The Morgan fingerprint density at radius 1 is 1.50 bits per heavy atom. The van der Waals surface area contributed by atoms with Crippen LogP contribution in [0.1, 0.15) is 31.0 Å². The summed E-state index contributed by atoms with van der Waals surface area (Å²) < 4.78 is 37.9. The lowest BCUT2D eigenvalue weighted by Crippen LogP contribution is -2.19. The van der Waals surface area contributed by atoms with Gasteiger partial charge in [-0.25, -0.2) is 4.98 Å². The van der Waals surface area contributed by atoms with Crippen LogP contribution in [0.5, 0.6) is 0 Å². The Morgan fingerprint density at radius 3 is 2.94 bits per heavy atom. The Morgan fingerprint density at radius 2 is 2.31 bits per heavy atom. The number of rotatable bonds is 3. The van der Waals surface area contributed by atoms with Crippen LogP contribution in [0.15, 0.2) is 12.5 Å². The van der Waals surface area contributed by atoms with E-state index in [1.54, 1.807) is 10.8 Å². The molecule has 2 rings (SSSR count). The molecule has 1 aliphatic heterocycles. The molecule has 0 aromatic carbocycles. The minimum absolute atomic E-state index is 0.0446. The molecule has 0 radical (unpaired) electrons. The molecular weight excluding hydrogens is 219 g/mol. The average Bonchev–Trinajstić information content (AvgIpc) is 2.84. The molecule has 1 saturated heterocycles. The van der Waals surface area contributed by atoms with Crippen molar-refractivity contribution < 1.29 is 13.2 Å². The van der Waals surface area contributed by atoms with Crippen molar-refractivity contribution in [1.29, 1.82) is 0 Å². The highest BCUT2D eigenvalue weighted by Gasteiger charge is 2.28. The summed E-state index contributed by atoms with van der Waals surface area (Å²) in [6.07, 6.45) is 0.251. The van der Waals surface area contributed by atoms with Crippen LogP contribution in [0.3, 0.4) is 0 Å². The molecule has 1 N–H and O–H groups in total. The lowest BCUT2D eigenvalue weighted by molar-refractivity contribution is -0.136. The molecule has 1 fully saturated rings. The van der Waals surface area contributed by atoms with Gasteiger partial charge < -0.3 is 9.88 Å². The van der Waals surface area contributed by atoms with Gasteiger partial charge in [-0.15, -0.1) is 0 Å². The van der Waals surface area contributed by atoms with Crippen molar-refractivity contribution >= 4 is 0 Å². The normalized spacial score (nSPS) is 21.6. The molecule has 2 heterocycles. The fourth-order valence-electron chi connectivity index (χ4n) is 1.99. The van der Waals surface area contributed by atoms with Gasteiger partial charge in [0, 0.05) is 18.8 Å². The topological polar surface area (TPSA) is 29.9 Å². The zero-order chi connectivity index (χ0) is 11.6. The number of aryl methyl sites for hydroxylation is 1. The Hall–Kier alpha value is -1.04. The number of aromatic nitrogens is 2. The SMILES string of the molecule is FC(F)(F)CCn1cncc1[C@@H]1CCCN1. The molecule has 1 aromatic rings. The van der Waals surface area contributed by atoms with Crippen molar-refractivity contribution in [1.82, 2.24) is 14.9 Å². The Balaban J connectivity index is 2.01. The summed E-state index contributed by atoms with van der Waals surface area (Å²) in [5.41, 5.74) is 0.863. The third-order valence-corrected chi connectivity index (χ3v) is 2.80. The highest BCUT2D eigenvalue weighted by atomic mass is 19.4. The molecule has 16 heavy (non-hydrogen) atoms. The van der Waals surface area contributed by atoms with Crippen LogP contribution in [-0.4, -0.2) is 22.3 Å². The first kappa shape index (κ1) is 11.4. The van der Waals surface area contributed by atoms with E-state index >= 15 is 0 Å². The number of nitrogens with one attached hydrogen (secondary N) is 1. The first-order valence-corrected chi connectivity index (χ1v) is 5.36. The van der Waals surface area contributed by atoms with Gasteiger partial charge in [-0.3, -0.25) is 0 Å². The zero-order valence-corrected chi connectivity index (χ0v) is 8.80. The third kappa shape index (κ3) is 2.75. The van der Waals surface area contributed by atoms with E-state index in [1.165, 1.54) is 6.33 Å². The highest BCUT2D eigenvalue weighted by Crippen LogP contribution is 2.25. The summed E-state index contributed by atoms with van der Waals surface area (Å²) in [5, 5.41) is 3.25. The van der Waals surface area contributed by atoms with E-state index in [-0.39, 0.29) is 12.6 Å². The van der Waals surface area contributed by atoms with E-state index in [2.05, 4.69) is 10.3 Å². The standard InChI is InChI=1S/C10H14F3N3/c11-10(12,13)3-5-16-7-14-6-9(16)8-2-1-4-15-8/h6-8,15H,1-5H2/t8-/m0/s1. The molecular formula is C10H14F3N3. The number of hydrogen-bond donors (Lipinski definition) is 1. The molecule has 90 valence electrons. The van der Waals surface area contributed by atoms with E-state index in [0.29, 0.717) is 0 Å². The smallest absolute Gasteiger partial charge is 0.333 e. The van der Waals surface area contributed by atoms with Gasteiger partial charge in [0.15, 0.2) is 0 Å². The minimum Gasteiger partial charge on any atom is -0.333 e. The number of hydrogen-bond acceptors (Lipinski definition) is 2. The number of imidazole rings is 1. The second kappa shape index (κ2) is 4.45. The second-order valence-electron chi connectivity index (χ2n) is 4.03. The fraction of sp³-hybridized carbons (Fsp3) is 0.700. The zero-order valence-electron chi connectivity index (χ0n) is 8.80. The number of alkyl halides is 3. The maximum Gasteiger partial charge on any atom is 0.390 e. The summed E-state index contributed by atoms with van der Waals surface area (Å²) in [5.74, 6) is 0. The van der Waals surface area contributed by atoms with Crippen LogP contribution in [0.4, 0.5) is 13.2 Å². The van der Waals surface area contributed by atoms with Crippen LogP contribution in [0.2, 0.25) is 0 Å². The van der Waals surface area contributed by atoms with Gasteiger partial charge in [0.25, 0.3) is 0 Å². The number of halogens is 3. The molecule has 6 heteroatoms. The summed E-state index contributed by atoms with van der Waals surface area (Å²) in [7, 11) is 0. The number of nitrogens with zero attached hydrogens (tertiary/aromatic N) is 2. The average molecular weight is 233 g/mol. The highest BCUT2D eigenvalue weighted by molar-refractivity contribution is 5.07. The van der Waals surface area contributed by atoms with Crippen LogP contribution in [0, 0.1) is 0 Å². The summed E-state index contributed by atoms with van der Waals surface area (Å²) in [6.45, 7) is 0.881. The van der Waals surface area contributed by atoms with E-state index in [0.717, 1.165) is 25.1 Å². The van der Waals surface area contributed by atoms with Crippen molar-refractivity contribution in [2.45, 2.75) is 38.0 Å². The molecule has 1 atom stereocenters. The molecule has 1 aliphatic rings. The van der Waals surface area contributed by atoms with E-state index < -0.39 is 12.6 Å². The Labute approximate surface area is 91.7 Å². The Kier molecular flexibility index (Phi) is 3.18. The van der Waals surface area contributed by atoms with Crippen LogP contribution >= 0.6 is 0 Å². The van der Waals surface area contributed by atoms with E-state index in [9.17, 15) is 13.2 Å². The van der Waals surface area contributed by atoms with Gasteiger partial charge in [-0.2, -0.15) is 13.2 Å². The predicted molar refractivity (Wildman–Crippen MR) is 52.9 cm³/mol. The summed E-state index contributed by atoms with van der Waals surface area (Å²) >= 11 is 0. The second-order valence-corrected chi connectivity index (χ2v) is 4.03. The van der Waals surface area contributed by atoms with Crippen molar-refractivity contribution in [3.05, 3.63) is 18.2 Å². The summed E-state index contributed by atoms with van der Waals surface area (Å²) in [6, 6.07) is 0.163. The molecule has 3 nitrogen and oxygen atoms in total. The molecule has 0 saturated carbocycles. The molecule has 1 aromatic heterocycles. The quantitative estimate of drug-likeness (QED) is 0.867. The van der Waals surface area contributed by atoms with E-state index in [1.807, 2.05) is 0 Å². The van der Waals surface area contributed by atoms with Crippen LogP contribution in [-0.2, 0) is 6.54 Å². The molecule has 0 aliphatic carbocycles. The van der Waals surface area contributed by atoms with Crippen LogP contribution in [0.25, 0.3) is 0 Å². The first-order chi connectivity index (χ1) is 7.56. The summed E-state index contributed by atoms with van der Waals surface area (Å²) in [4.78, 5) is 3.92. The largest absolute Gasteiger partial charge is 0.390 e. The molecule has 0 spiro atoms. The van der Waals surface area contributed by atoms with Crippen molar-refractivity contribution in [2.75, 3.05) is 6.54 Å².